The molecule has 1 atom stereocenters. The third kappa shape index (κ3) is 2.08. The molecule has 2 aromatic rings. The number of rotatable bonds is 2. The normalized spacial score (nSPS) is 18.0. The quantitative estimate of drug-likeness (QED) is 0.852. The van der Waals surface area contributed by atoms with Crippen molar-refractivity contribution in [1.29, 1.82) is 0 Å². The van der Waals surface area contributed by atoms with Gasteiger partial charge >= 0.3 is 0 Å². The van der Waals surface area contributed by atoms with E-state index in [4.69, 9.17) is 5.73 Å². The van der Waals surface area contributed by atoms with Crippen LogP contribution in [0.3, 0.4) is 0 Å². The highest BCUT2D eigenvalue weighted by atomic mass is 32.2. The lowest BCUT2D eigenvalue weighted by molar-refractivity contribution is 0.581. The Morgan fingerprint density at radius 2 is 2.10 bits per heavy atom. The van der Waals surface area contributed by atoms with Crippen molar-refractivity contribution in [2.45, 2.75) is 31.3 Å². The molecule has 0 spiro atoms. The van der Waals surface area contributed by atoms with E-state index in [2.05, 4.69) is 4.98 Å². The minimum Gasteiger partial charge on any atom is -0.399 e. The monoisotopic (exact) mass is 306 g/mol. The van der Waals surface area contributed by atoms with Gasteiger partial charge in [0.2, 0.25) is 0 Å². The standard InChI is InChI=1S/C14H18N4O2S/c1-9-6-11-7-12(15)4-5-13(11)18(9)21(19,20)14-8-17(3)10(2)16-14/h4-5,7-9H,6,15H2,1-3H3. The molecule has 1 aromatic heterocycles. The number of nitrogen functional groups attached to an aromatic ring is 1. The summed E-state index contributed by atoms with van der Waals surface area (Å²) in [5.41, 5.74) is 8.08. The van der Waals surface area contributed by atoms with Crippen LogP contribution in [0.2, 0.25) is 0 Å². The molecule has 0 aliphatic carbocycles. The molecule has 0 amide bonds. The van der Waals surface area contributed by atoms with Gasteiger partial charge in [-0.15, -0.1) is 0 Å². The largest absolute Gasteiger partial charge is 0.399 e. The molecule has 7 heteroatoms. The molecule has 0 saturated carbocycles. The second-order valence-electron chi connectivity index (χ2n) is 5.48. The Balaban J connectivity index is 2.12. The Morgan fingerprint density at radius 3 is 2.71 bits per heavy atom. The van der Waals surface area contributed by atoms with Crippen LogP contribution >= 0.6 is 0 Å². The van der Waals surface area contributed by atoms with Crippen LogP contribution in [-0.4, -0.2) is 24.0 Å². The summed E-state index contributed by atoms with van der Waals surface area (Å²) in [6.45, 7) is 3.67. The summed E-state index contributed by atoms with van der Waals surface area (Å²) in [5.74, 6) is 0.665. The summed E-state index contributed by atoms with van der Waals surface area (Å²) in [7, 11) is -1.87. The van der Waals surface area contributed by atoms with Gasteiger partial charge in [-0.3, -0.25) is 4.31 Å². The van der Waals surface area contributed by atoms with Crippen LogP contribution in [0.5, 0.6) is 0 Å². The van der Waals surface area contributed by atoms with Gasteiger partial charge in [-0.05, 0) is 44.0 Å². The average Bonchev–Trinajstić information content (AvgIpc) is 2.89. The lowest BCUT2D eigenvalue weighted by Crippen LogP contribution is -2.35. The van der Waals surface area contributed by atoms with Crippen molar-refractivity contribution in [2.24, 2.45) is 7.05 Å². The minimum atomic E-state index is -3.66. The summed E-state index contributed by atoms with van der Waals surface area (Å²) < 4.78 is 28.9. The Bertz CT molecular complexity index is 791. The molecular formula is C14H18N4O2S. The number of sulfonamides is 1. The summed E-state index contributed by atoms with van der Waals surface area (Å²) in [6, 6.07) is 5.18. The van der Waals surface area contributed by atoms with Gasteiger partial charge in [0.15, 0.2) is 5.03 Å². The van der Waals surface area contributed by atoms with Crippen molar-refractivity contribution in [3.05, 3.63) is 35.8 Å². The number of hydrogen-bond donors (Lipinski definition) is 1. The first-order chi connectivity index (χ1) is 9.80. The van der Waals surface area contributed by atoms with E-state index in [-0.39, 0.29) is 11.1 Å². The molecule has 112 valence electrons. The third-order valence-electron chi connectivity index (χ3n) is 3.87. The maximum atomic E-state index is 12.9. The van der Waals surface area contributed by atoms with E-state index in [1.165, 1.54) is 4.31 Å². The zero-order valence-corrected chi connectivity index (χ0v) is 13.1. The first kappa shape index (κ1) is 13.9. The number of anilines is 2. The molecular weight excluding hydrogens is 288 g/mol. The minimum absolute atomic E-state index is 0.0824. The predicted molar refractivity (Wildman–Crippen MR) is 81.6 cm³/mol. The van der Waals surface area contributed by atoms with Gasteiger partial charge in [-0.1, -0.05) is 0 Å². The topological polar surface area (TPSA) is 81.2 Å². The van der Waals surface area contributed by atoms with Crippen molar-refractivity contribution in [3.63, 3.8) is 0 Å². The van der Waals surface area contributed by atoms with Crippen LogP contribution in [0.1, 0.15) is 18.3 Å². The zero-order chi connectivity index (χ0) is 15.4. The van der Waals surface area contributed by atoms with E-state index in [0.717, 1.165) is 5.56 Å². The molecule has 0 radical (unpaired) electrons. The van der Waals surface area contributed by atoms with Crippen LogP contribution in [0, 0.1) is 6.92 Å². The number of imidazole rings is 1. The molecule has 0 saturated heterocycles. The number of benzene rings is 1. The SMILES string of the molecule is Cc1nc(S(=O)(=O)N2c3ccc(N)cc3CC2C)cn1C. The molecule has 2 N–H and O–H groups in total. The van der Waals surface area contributed by atoms with Gasteiger partial charge in [0.1, 0.15) is 5.82 Å². The summed E-state index contributed by atoms with van der Waals surface area (Å²) >= 11 is 0. The van der Waals surface area contributed by atoms with Crippen molar-refractivity contribution >= 4 is 21.4 Å². The number of hydrogen-bond acceptors (Lipinski definition) is 4. The van der Waals surface area contributed by atoms with Gasteiger partial charge in [0, 0.05) is 25.0 Å². The number of nitrogens with two attached hydrogens (primary N) is 1. The predicted octanol–water partition coefficient (Wildman–Crippen LogP) is 1.45. The van der Waals surface area contributed by atoms with E-state index in [0.29, 0.717) is 23.6 Å². The summed E-state index contributed by atoms with van der Waals surface area (Å²) in [4.78, 5) is 4.16. The fraction of sp³-hybridized carbons (Fsp3) is 0.357. The maximum absolute atomic E-state index is 12.9. The molecule has 3 rings (SSSR count). The first-order valence-corrected chi connectivity index (χ1v) is 8.17. The van der Waals surface area contributed by atoms with E-state index >= 15 is 0 Å². The zero-order valence-electron chi connectivity index (χ0n) is 12.2. The molecule has 6 nitrogen and oxygen atoms in total. The molecule has 2 heterocycles. The Morgan fingerprint density at radius 1 is 1.38 bits per heavy atom. The summed E-state index contributed by atoms with van der Waals surface area (Å²) in [6.07, 6.45) is 2.21. The smallest absolute Gasteiger partial charge is 0.283 e. The average molecular weight is 306 g/mol. The first-order valence-electron chi connectivity index (χ1n) is 6.73. The number of fused-ring (bicyclic) bond motifs is 1. The van der Waals surface area contributed by atoms with Crippen LogP contribution in [-0.2, 0) is 23.5 Å². The van der Waals surface area contributed by atoms with Crippen LogP contribution < -0.4 is 10.0 Å². The van der Waals surface area contributed by atoms with Crippen molar-refractivity contribution in [1.82, 2.24) is 9.55 Å². The Labute approximate surface area is 124 Å². The van der Waals surface area contributed by atoms with Gasteiger partial charge in [0.25, 0.3) is 10.0 Å². The highest BCUT2D eigenvalue weighted by Crippen LogP contribution is 2.37. The van der Waals surface area contributed by atoms with Crippen LogP contribution in [0.4, 0.5) is 11.4 Å². The van der Waals surface area contributed by atoms with Crippen LogP contribution in [0.15, 0.2) is 29.4 Å². The Hall–Kier alpha value is -2.02. The van der Waals surface area contributed by atoms with Gasteiger partial charge in [-0.2, -0.15) is 8.42 Å². The van der Waals surface area contributed by atoms with Crippen molar-refractivity contribution < 1.29 is 8.42 Å². The van der Waals surface area contributed by atoms with Gasteiger partial charge in [0.05, 0.1) is 5.69 Å². The molecule has 1 unspecified atom stereocenters. The lowest BCUT2D eigenvalue weighted by Gasteiger charge is -2.23. The van der Waals surface area contributed by atoms with Crippen molar-refractivity contribution in [3.8, 4) is 0 Å². The Kier molecular flexibility index (Phi) is 2.98. The van der Waals surface area contributed by atoms with E-state index < -0.39 is 10.0 Å². The third-order valence-corrected chi connectivity index (χ3v) is 5.67. The number of nitrogens with zero attached hydrogens (tertiary/aromatic N) is 3. The molecule has 1 aromatic carbocycles. The van der Waals surface area contributed by atoms with E-state index in [1.807, 2.05) is 13.0 Å². The highest BCUT2D eigenvalue weighted by Gasteiger charge is 2.37. The molecule has 0 bridgehead atoms. The molecule has 1 aliphatic heterocycles. The second kappa shape index (κ2) is 4.49. The lowest BCUT2D eigenvalue weighted by atomic mass is 10.1. The second-order valence-corrected chi connectivity index (χ2v) is 7.24. The summed E-state index contributed by atoms with van der Waals surface area (Å²) in [5, 5.41) is 0.0824. The fourth-order valence-corrected chi connectivity index (χ4v) is 4.47. The van der Waals surface area contributed by atoms with Crippen molar-refractivity contribution in [2.75, 3.05) is 10.0 Å². The number of aryl methyl sites for hydroxylation is 2. The van der Waals surface area contributed by atoms with E-state index in [1.54, 1.807) is 36.9 Å². The van der Waals surface area contributed by atoms with Gasteiger partial charge in [-0.25, -0.2) is 4.98 Å². The highest BCUT2D eigenvalue weighted by molar-refractivity contribution is 7.92. The fourth-order valence-electron chi connectivity index (χ4n) is 2.74. The maximum Gasteiger partial charge on any atom is 0.283 e. The van der Waals surface area contributed by atoms with E-state index in [9.17, 15) is 8.42 Å². The number of aromatic nitrogens is 2. The molecule has 1 aliphatic rings. The van der Waals surface area contributed by atoms with Crippen LogP contribution in [0.25, 0.3) is 0 Å². The molecule has 21 heavy (non-hydrogen) atoms. The molecule has 0 fully saturated rings. The van der Waals surface area contributed by atoms with Gasteiger partial charge < -0.3 is 10.3 Å².